The van der Waals surface area contributed by atoms with Crippen LogP contribution < -0.4 is 5.32 Å². The quantitative estimate of drug-likeness (QED) is 0.515. The van der Waals surface area contributed by atoms with Gasteiger partial charge < -0.3 is 10.4 Å². The Hall–Kier alpha value is -3.87. The van der Waals surface area contributed by atoms with Crippen LogP contribution in [0.2, 0.25) is 0 Å². The van der Waals surface area contributed by atoms with Crippen LogP contribution in [-0.2, 0) is 0 Å². The number of aromatic nitrogens is 3. The molecule has 3 aromatic carbocycles. The number of azo groups is 1. The fourth-order valence-electron chi connectivity index (χ4n) is 2.56. The molecule has 0 aliphatic carbocycles. The molecule has 0 aliphatic rings. The molecule has 0 bridgehead atoms. The Bertz CT molecular complexity index is 1070. The van der Waals surface area contributed by atoms with Crippen LogP contribution >= 0.6 is 0 Å². The van der Waals surface area contributed by atoms with Crippen LogP contribution in [0.4, 0.5) is 22.9 Å². The third kappa shape index (κ3) is 3.18. The lowest BCUT2D eigenvalue weighted by molar-refractivity contribution is 0.483. The van der Waals surface area contributed by atoms with Gasteiger partial charge in [-0.3, -0.25) is 0 Å². The summed E-state index contributed by atoms with van der Waals surface area (Å²) in [5.74, 6) is 0.540. The third-order valence-corrected chi connectivity index (χ3v) is 3.78. The van der Waals surface area contributed by atoms with Crippen LogP contribution in [0.25, 0.3) is 10.8 Å². The molecule has 0 saturated heterocycles. The van der Waals surface area contributed by atoms with Gasteiger partial charge in [0.2, 0.25) is 0 Å². The Kier molecular flexibility index (Phi) is 4.17. The number of anilines is 2. The van der Waals surface area contributed by atoms with E-state index in [1.165, 1.54) is 6.20 Å². The molecule has 0 amide bonds. The molecular formula is C19H14N6O. The maximum absolute atomic E-state index is 10.7. The van der Waals surface area contributed by atoms with E-state index in [0.717, 1.165) is 5.39 Å². The minimum atomic E-state index is 0.0484. The highest BCUT2D eigenvalue weighted by Crippen LogP contribution is 2.42. The molecular weight excluding hydrogens is 328 g/mol. The largest absolute Gasteiger partial charge is 0.505 e. The first-order valence-corrected chi connectivity index (χ1v) is 7.94. The summed E-state index contributed by atoms with van der Waals surface area (Å²) in [6.45, 7) is 0. The minimum absolute atomic E-state index is 0.0484. The van der Waals surface area contributed by atoms with Crippen molar-refractivity contribution in [1.29, 1.82) is 0 Å². The van der Waals surface area contributed by atoms with Crippen molar-refractivity contribution in [2.24, 2.45) is 10.2 Å². The molecule has 0 spiro atoms. The number of nitrogens with one attached hydrogen (secondary N) is 1. The minimum Gasteiger partial charge on any atom is -0.505 e. The van der Waals surface area contributed by atoms with Crippen LogP contribution in [0.3, 0.4) is 0 Å². The molecule has 126 valence electrons. The Morgan fingerprint density at radius 3 is 2.50 bits per heavy atom. The molecule has 4 rings (SSSR count). The molecule has 7 nitrogen and oxygen atoms in total. The normalized spacial score (nSPS) is 11.1. The number of rotatable bonds is 4. The van der Waals surface area contributed by atoms with Crippen LogP contribution in [0.15, 0.2) is 83.2 Å². The number of fused-ring (bicyclic) bond motifs is 1. The maximum Gasteiger partial charge on any atom is 0.156 e. The predicted octanol–water partition coefficient (Wildman–Crippen LogP) is 4.89. The number of benzene rings is 3. The number of hydrogen-bond donors (Lipinski definition) is 2. The van der Waals surface area contributed by atoms with Crippen molar-refractivity contribution in [2.75, 3.05) is 5.32 Å². The lowest BCUT2D eigenvalue weighted by Gasteiger charge is -2.11. The van der Waals surface area contributed by atoms with E-state index in [1.54, 1.807) is 6.07 Å². The van der Waals surface area contributed by atoms with Gasteiger partial charge in [-0.25, -0.2) is 0 Å². The van der Waals surface area contributed by atoms with Crippen molar-refractivity contribution in [3.8, 4) is 5.75 Å². The Morgan fingerprint density at radius 2 is 1.69 bits per heavy atom. The molecule has 0 radical (unpaired) electrons. The number of hydrogen-bond acceptors (Lipinski definition) is 7. The second-order valence-electron chi connectivity index (χ2n) is 5.51. The van der Waals surface area contributed by atoms with Gasteiger partial charge in [-0.15, -0.1) is 15.3 Å². The molecule has 2 N–H and O–H groups in total. The van der Waals surface area contributed by atoms with Gasteiger partial charge in [-0.05, 0) is 28.8 Å². The van der Waals surface area contributed by atoms with Crippen LogP contribution in [0.5, 0.6) is 5.75 Å². The first-order chi connectivity index (χ1) is 12.8. The molecule has 1 aromatic heterocycles. The summed E-state index contributed by atoms with van der Waals surface area (Å²) in [7, 11) is 0. The molecule has 0 fully saturated rings. The summed E-state index contributed by atoms with van der Waals surface area (Å²) < 4.78 is 0. The standard InChI is InChI=1S/C19H14N6O/c26-19-15-9-5-4-6-13(15)12-16(21-17-10-11-20-25-23-17)18(19)24-22-14-7-2-1-3-8-14/h1-12,26H,(H,20,21,23). The number of nitrogens with zero attached hydrogens (tertiary/aromatic N) is 5. The van der Waals surface area contributed by atoms with Gasteiger partial charge >= 0.3 is 0 Å². The van der Waals surface area contributed by atoms with Gasteiger partial charge in [0.05, 0.1) is 17.6 Å². The molecule has 1 heterocycles. The molecule has 7 heteroatoms. The lowest BCUT2D eigenvalue weighted by atomic mass is 10.1. The summed E-state index contributed by atoms with van der Waals surface area (Å²) in [6, 6.07) is 20.4. The first-order valence-electron chi connectivity index (χ1n) is 7.94. The summed E-state index contributed by atoms with van der Waals surface area (Å²) in [5, 5.41) is 35.1. The van der Waals surface area contributed by atoms with E-state index in [9.17, 15) is 5.11 Å². The highest BCUT2D eigenvalue weighted by molar-refractivity contribution is 5.98. The summed E-state index contributed by atoms with van der Waals surface area (Å²) >= 11 is 0. The van der Waals surface area contributed by atoms with Gasteiger partial charge in [0.1, 0.15) is 0 Å². The van der Waals surface area contributed by atoms with Crippen molar-refractivity contribution in [1.82, 2.24) is 15.4 Å². The fourth-order valence-corrected chi connectivity index (χ4v) is 2.56. The maximum atomic E-state index is 10.7. The van der Waals surface area contributed by atoms with Gasteiger partial charge in [0.15, 0.2) is 17.3 Å². The SMILES string of the molecule is Oc1c(N=Nc2ccccc2)c(Nc2ccnnn2)cc2ccccc12. The zero-order chi connectivity index (χ0) is 17.8. The van der Waals surface area contributed by atoms with Crippen molar-refractivity contribution in [2.45, 2.75) is 0 Å². The van der Waals surface area contributed by atoms with Crippen LogP contribution in [0.1, 0.15) is 0 Å². The molecule has 0 atom stereocenters. The average Bonchev–Trinajstić information content (AvgIpc) is 2.69. The number of phenols is 1. The van der Waals surface area contributed by atoms with E-state index in [2.05, 4.69) is 31.0 Å². The predicted molar refractivity (Wildman–Crippen MR) is 99.3 cm³/mol. The van der Waals surface area contributed by atoms with E-state index < -0.39 is 0 Å². The molecule has 0 saturated carbocycles. The smallest absolute Gasteiger partial charge is 0.156 e. The van der Waals surface area contributed by atoms with Crippen LogP contribution in [-0.4, -0.2) is 20.5 Å². The van der Waals surface area contributed by atoms with Crippen molar-refractivity contribution < 1.29 is 5.11 Å². The molecule has 0 unspecified atom stereocenters. The summed E-state index contributed by atoms with van der Waals surface area (Å²) in [6.07, 6.45) is 1.53. The lowest BCUT2D eigenvalue weighted by Crippen LogP contribution is -1.96. The Labute approximate surface area is 149 Å². The van der Waals surface area contributed by atoms with Gasteiger partial charge in [0, 0.05) is 11.5 Å². The Morgan fingerprint density at radius 1 is 0.885 bits per heavy atom. The Balaban J connectivity index is 1.83. The fraction of sp³-hybridized carbons (Fsp3) is 0. The molecule has 0 aliphatic heterocycles. The second kappa shape index (κ2) is 6.94. The highest BCUT2D eigenvalue weighted by atomic mass is 16.3. The monoisotopic (exact) mass is 342 g/mol. The van der Waals surface area contributed by atoms with Crippen LogP contribution in [0, 0.1) is 0 Å². The first kappa shape index (κ1) is 15.6. The van der Waals surface area contributed by atoms with Crippen molar-refractivity contribution in [3.63, 3.8) is 0 Å². The van der Waals surface area contributed by atoms with E-state index in [0.29, 0.717) is 28.3 Å². The zero-order valence-electron chi connectivity index (χ0n) is 13.6. The molecule has 26 heavy (non-hydrogen) atoms. The van der Waals surface area contributed by atoms with E-state index in [1.807, 2.05) is 60.7 Å². The zero-order valence-corrected chi connectivity index (χ0v) is 13.6. The van der Waals surface area contributed by atoms with E-state index in [-0.39, 0.29) is 5.75 Å². The molecule has 4 aromatic rings. The van der Waals surface area contributed by atoms with Gasteiger partial charge in [0.25, 0.3) is 0 Å². The number of phenolic OH excluding ortho intramolecular Hbond substituents is 1. The third-order valence-electron chi connectivity index (χ3n) is 3.78. The van der Waals surface area contributed by atoms with Crippen molar-refractivity contribution >= 4 is 33.7 Å². The van der Waals surface area contributed by atoms with Gasteiger partial charge in [-0.1, -0.05) is 42.5 Å². The van der Waals surface area contributed by atoms with Gasteiger partial charge in [-0.2, -0.15) is 5.11 Å². The summed E-state index contributed by atoms with van der Waals surface area (Å²) in [4.78, 5) is 0. The number of aromatic hydroxyl groups is 1. The topological polar surface area (TPSA) is 95.7 Å². The second-order valence-corrected chi connectivity index (χ2v) is 5.51. The van der Waals surface area contributed by atoms with E-state index in [4.69, 9.17) is 0 Å². The average molecular weight is 342 g/mol. The van der Waals surface area contributed by atoms with Crippen molar-refractivity contribution in [3.05, 3.63) is 72.9 Å². The highest BCUT2D eigenvalue weighted by Gasteiger charge is 2.13. The van der Waals surface area contributed by atoms with E-state index >= 15 is 0 Å². The summed E-state index contributed by atoms with van der Waals surface area (Å²) in [5.41, 5.74) is 1.59.